The van der Waals surface area contributed by atoms with E-state index >= 15 is 0 Å². The maximum atomic E-state index is 13.6. The fraction of sp³-hybridized carbons (Fsp3) is 0.211. The zero-order valence-corrected chi connectivity index (χ0v) is 15.3. The summed E-state index contributed by atoms with van der Waals surface area (Å²) in [5.41, 5.74) is -0.433. The standard InChI is InChI=1S/C19H16F3N3O2S/c20-19(21,22)18-16(13-11-12-13)17(14-7-3-1-4-8-14)25(23-18)24-28(26,27)15-9-5-2-6-10-15/h1-10,13,24H,11-12H2. The van der Waals surface area contributed by atoms with Crippen molar-refractivity contribution in [3.63, 3.8) is 0 Å². The molecule has 0 bridgehead atoms. The Kier molecular flexibility index (Phi) is 4.41. The monoisotopic (exact) mass is 407 g/mol. The fourth-order valence-electron chi connectivity index (χ4n) is 3.10. The minimum Gasteiger partial charge on any atom is -0.200 e. The molecule has 0 amide bonds. The van der Waals surface area contributed by atoms with Crippen LogP contribution in [0.3, 0.4) is 0 Å². The van der Waals surface area contributed by atoms with Gasteiger partial charge in [-0.2, -0.15) is 31.2 Å². The van der Waals surface area contributed by atoms with Gasteiger partial charge in [0.15, 0.2) is 5.69 Å². The van der Waals surface area contributed by atoms with Gasteiger partial charge in [0.25, 0.3) is 10.0 Å². The molecule has 1 aliphatic rings. The van der Waals surface area contributed by atoms with Crippen LogP contribution in [0.2, 0.25) is 0 Å². The Morgan fingerprint density at radius 3 is 2.07 bits per heavy atom. The fourth-order valence-corrected chi connectivity index (χ4v) is 4.08. The van der Waals surface area contributed by atoms with Crippen molar-refractivity contribution in [3.8, 4) is 11.3 Å². The molecule has 1 aromatic heterocycles. The molecule has 2 aromatic carbocycles. The lowest BCUT2D eigenvalue weighted by Gasteiger charge is -2.12. The maximum absolute atomic E-state index is 13.6. The smallest absolute Gasteiger partial charge is 0.200 e. The molecule has 146 valence electrons. The van der Waals surface area contributed by atoms with Crippen molar-refractivity contribution < 1.29 is 21.6 Å². The molecule has 0 saturated heterocycles. The summed E-state index contributed by atoms with van der Waals surface area (Å²) in [6, 6.07) is 15.8. The van der Waals surface area contributed by atoms with Crippen LogP contribution < -0.4 is 4.83 Å². The number of hydrogen-bond donors (Lipinski definition) is 1. The largest absolute Gasteiger partial charge is 0.435 e. The highest BCUT2D eigenvalue weighted by Crippen LogP contribution is 2.49. The average Bonchev–Trinajstić information content (AvgIpc) is 3.43. The molecule has 9 heteroatoms. The summed E-state index contributed by atoms with van der Waals surface area (Å²) in [7, 11) is -4.11. The molecule has 0 radical (unpaired) electrons. The quantitative estimate of drug-likeness (QED) is 0.683. The second-order valence-corrected chi connectivity index (χ2v) is 8.23. The molecule has 4 rings (SSSR count). The third-order valence-corrected chi connectivity index (χ3v) is 5.79. The van der Waals surface area contributed by atoms with Crippen LogP contribution in [0.1, 0.15) is 30.0 Å². The molecule has 0 aliphatic heterocycles. The van der Waals surface area contributed by atoms with Crippen LogP contribution in [0, 0.1) is 0 Å². The summed E-state index contributed by atoms with van der Waals surface area (Å²) in [5.74, 6) is -0.290. The van der Waals surface area contributed by atoms with Crippen molar-refractivity contribution in [2.24, 2.45) is 0 Å². The predicted octanol–water partition coefficient (Wildman–Crippen LogP) is 4.38. The number of nitrogens with zero attached hydrogens (tertiary/aromatic N) is 2. The first-order valence-corrected chi connectivity index (χ1v) is 10.1. The molecule has 0 unspecified atom stereocenters. The highest BCUT2D eigenvalue weighted by molar-refractivity contribution is 7.92. The van der Waals surface area contributed by atoms with E-state index < -0.39 is 21.9 Å². The van der Waals surface area contributed by atoms with Gasteiger partial charge in [-0.15, -0.1) is 5.10 Å². The van der Waals surface area contributed by atoms with E-state index in [9.17, 15) is 21.6 Å². The van der Waals surface area contributed by atoms with E-state index in [1.807, 2.05) is 0 Å². The van der Waals surface area contributed by atoms with Crippen LogP contribution in [-0.4, -0.2) is 18.3 Å². The highest BCUT2D eigenvalue weighted by atomic mass is 32.2. The topological polar surface area (TPSA) is 64.0 Å². The summed E-state index contributed by atoms with van der Waals surface area (Å²) < 4.78 is 66.3. The maximum Gasteiger partial charge on any atom is 0.435 e. The van der Waals surface area contributed by atoms with Gasteiger partial charge in [0.1, 0.15) is 0 Å². The molecule has 3 aromatic rings. The minimum atomic E-state index is -4.69. The van der Waals surface area contributed by atoms with E-state index in [1.165, 1.54) is 24.3 Å². The van der Waals surface area contributed by atoms with Crippen molar-refractivity contribution in [3.05, 3.63) is 71.9 Å². The number of benzene rings is 2. The molecular weight excluding hydrogens is 391 g/mol. The van der Waals surface area contributed by atoms with Gasteiger partial charge in [-0.1, -0.05) is 48.5 Å². The molecule has 1 saturated carbocycles. The third kappa shape index (κ3) is 3.49. The van der Waals surface area contributed by atoms with Gasteiger partial charge in [0.05, 0.1) is 10.6 Å². The Morgan fingerprint density at radius 2 is 1.54 bits per heavy atom. The lowest BCUT2D eigenvalue weighted by Crippen LogP contribution is -2.25. The summed E-state index contributed by atoms with van der Waals surface area (Å²) in [6.07, 6.45) is -3.47. The number of aromatic nitrogens is 2. The Morgan fingerprint density at radius 1 is 0.964 bits per heavy atom. The number of hydrogen-bond acceptors (Lipinski definition) is 3. The van der Waals surface area contributed by atoms with Crippen molar-refractivity contribution in [2.45, 2.75) is 29.8 Å². The molecule has 5 nitrogen and oxygen atoms in total. The molecular formula is C19H16F3N3O2S. The first-order chi connectivity index (χ1) is 13.3. The lowest BCUT2D eigenvalue weighted by atomic mass is 10.0. The second kappa shape index (κ2) is 6.66. The Labute approximate surface area is 159 Å². The number of alkyl halides is 3. The normalized spacial score (nSPS) is 14.8. The number of sulfonamides is 1. The highest BCUT2D eigenvalue weighted by Gasteiger charge is 2.44. The van der Waals surface area contributed by atoms with E-state index in [1.54, 1.807) is 36.4 Å². The van der Waals surface area contributed by atoms with Gasteiger partial charge < -0.3 is 0 Å². The van der Waals surface area contributed by atoms with Crippen LogP contribution in [0.25, 0.3) is 11.3 Å². The SMILES string of the molecule is O=S(=O)(Nn1nc(C(F)(F)F)c(C2CC2)c1-c1ccccc1)c1ccccc1. The Hall–Kier alpha value is -2.81. The van der Waals surface area contributed by atoms with Crippen LogP contribution in [-0.2, 0) is 16.2 Å². The van der Waals surface area contributed by atoms with Gasteiger partial charge in [-0.3, -0.25) is 0 Å². The van der Waals surface area contributed by atoms with E-state index in [2.05, 4.69) is 9.93 Å². The molecule has 28 heavy (non-hydrogen) atoms. The van der Waals surface area contributed by atoms with Gasteiger partial charge >= 0.3 is 6.18 Å². The molecule has 1 aliphatic carbocycles. The minimum absolute atomic E-state index is 0.0365. The first kappa shape index (κ1) is 18.5. The van der Waals surface area contributed by atoms with E-state index in [0.717, 1.165) is 4.79 Å². The summed E-state index contributed by atoms with van der Waals surface area (Å²) in [6.45, 7) is 0. The molecule has 1 heterocycles. The van der Waals surface area contributed by atoms with Crippen molar-refractivity contribution in [1.29, 1.82) is 0 Å². The zero-order valence-electron chi connectivity index (χ0n) is 14.5. The number of halogens is 3. The van der Waals surface area contributed by atoms with Crippen LogP contribution >= 0.6 is 0 Å². The Balaban J connectivity index is 1.90. The van der Waals surface area contributed by atoms with E-state index in [4.69, 9.17) is 0 Å². The number of rotatable bonds is 5. The van der Waals surface area contributed by atoms with Gasteiger partial charge in [-0.05, 0) is 30.9 Å². The molecule has 1 fully saturated rings. The average molecular weight is 407 g/mol. The second-order valence-electron chi connectivity index (χ2n) is 6.57. The van der Waals surface area contributed by atoms with Crippen LogP contribution in [0.4, 0.5) is 13.2 Å². The first-order valence-electron chi connectivity index (χ1n) is 8.61. The number of nitrogens with one attached hydrogen (secondary N) is 1. The zero-order chi connectivity index (χ0) is 19.9. The van der Waals surface area contributed by atoms with Gasteiger partial charge in [0.2, 0.25) is 0 Å². The van der Waals surface area contributed by atoms with Gasteiger partial charge in [-0.25, -0.2) is 0 Å². The van der Waals surface area contributed by atoms with Crippen molar-refractivity contribution in [1.82, 2.24) is 9.89 Å². The molecule has 0 spiro atoms. The van der Waals surface area contributed by atoms with Crippen molar-refractivity contribution in [2.75, 3.05) is 4.83 Å². The van der Waals surface area contributed by atoms with E-state index in [-0.39, 0.29) is 22.1 Å². The summed E-state index contributed by atoms with van der Waals surface area (Å²) >= 11 is 0. The van der Waals surface area contributed by atoms with Crippen LogP contribution in [0.15, 0.2) is 65.6 Å². The van der Waals surface area contributed by atoms with Gasteiger partial charge in [0, 0.05) is 11.1 Å². The third-order valence-electron chi connectivity index (χ3n) is 4.48. The summed E-state index contributed by atoms with van der Waals surface area (Å²) in [4.78, 5) is 2.88. The molecule has 1 N–H and O–H groups in total. The Bertz CT molecular complexity index is 1090. The molecule has 0 atom stereocenters. The predicted molar refractivity (Wildman–Crippen MR) is 97.6 cm³/mol. The van der Waals surface area contributed by atoms with Crippen molar-refractivity contribution >= 4 is 10.0 Å². The van der Waals surface area contributed by atoms with E-state index in [0.29, 0.717) is 18.4 Å². The summed E-state index contributed by atoms with van der Waals surface area (Å²) in [5, 5.41) is 3.63. The van der Waals surface area contributed by atoms with Crippen LogP contribution in [0.5, 0.6) is 0 Å². The lowest BCUT2D eigenvalue weighted by molar-refractivity contribution is -0.142.